The summed E-state index contributed by atoms with van der Waals surface area (Å²) in [5, 5.41) is 6.66. The smallest absolute Gasteiger partial charge is 0.246 e. The molecule has 4 heteroatoms. The molecule has 0 aliphatic carbocycles. The van der Waals surface area contributed by atoms with Gasteiger partial charge in [-0.15, -0.1) is 0 Å². The van der Waals surface area contributed by atoms with Gasteiger partial charge in [0.1, 0.15) is 6.04 Å². The Morgan fingerprint density at radius 2 is 1.71 bits per heavy atom. The summed E-state index contributed by atoms with van der Waals surface area (Å²) in [7, 11) is 0. The van der Waals surface area contributed by atoms with Crippen LogP contribution in [-0.4, -0.2) is 11.9 Å². The number of benzene rings is 2. The van der Waals surface area contributed by atoms with Gasteiger partial charge in [0.05, 0.1) is 0 Å². The van der Waals surface area contributed by atoms with Crippen molar-refractivity contribution >= 4 is 28.9 Å². The van der Waals surface area contributed by atoms with E-state index in [0.29, 0.717) is 10.7 Å². The molecule has 21 heavy (non-hydrogen) atoms. The van der Waals surface area contributed by atoms with E-state index in [1.54, 1.807) is 18.2 Å². The van der Waals surface area contributed by atoms with Crippen LogP contribution in [0.1, 0.15) is 18.1 Å². The monoisotopic (exact) mass is 302 g/mol. The van der Waals surface area contributed by atoms with Crippen molar-refractivity contribution < 1.29 is 4.79 Å². The van der Waals surface area contributed by atoms with E-state index >= 15 is 0 Å². The highest BCUT2D eigenvalue weighted by atomic mass is 35.5. The van der Waals surface area contributed by atoms with Crippen molar-refractivity contribution in [2.45, 2.75) is 26.8 Å². The number of carbonyl (C=O) groups is 1. The average molecular weight is 303 g/mol. The quantitative estimate of drug-likeness (QED) is 0.879. The van der Waals surface area contributed by atoms with Gasteiger partial charge in [-0.25, -0.2) is 0 Å². The standard InChI is InChI=1S/C17H19ClN2O/c1-11-7-12(2)9-16(8-11)19-13(3)17(21)20-15-6-4-5-14(18)10-15/h4-10,13,19H,1-3H3,(H,20,21)/t13-/m0/s1. The molecule has 2 N–H and O–H groups in total. The number of hydrogen-bond acceptors (Lipinski definition) is 2. The SMILES string of the molecule is Cc1cc(C)cc(N[C@@H](C)C(=O)Nc2cccc(Cl)c2)c1. The molecule has 0 radical (unpaired) electrons. The Kier molecular flexibility index (Phi) is 4.86. The van der Waals surface area contributed by atoms with Crippen LogP contribution in [0, 0.1) is 13.8 Å². The predicted molar refractivity (Wildman–Crippen MR) is 89.1 cm³/mol. The number of halogens is 1. The molecule has 0 saturated heterocycles. The van der Waals surface area contributed by atoms with Crippen molar-refractivity contribution in [2.75, 3.05) is 10.6 Å². The summed E-state index contributed by atoms with van der Waals surface area (Å²) in [6.07, 6.45) is 0. The number of amides is 1. The van der Waals surface area contributed by atoms with Gasteiger partial charge in [-0.2, -0.15) is 0 Å². The van der Waals surface area contributed by atoms with Gasteiger partial charge in [-0.05, 0) is 62.2 Å². The van der Waals surface area contributed by atoms with E-state index in [0.717, 1.165) is 5.69 Å². The molecule has 2 rings (SSSR count). The van der Waals surface area contributed by atoms with Crippen LogP contribution in [0.3, 0.4) is 0 Å². The Bertz CT molecular complexity index is 635. The molecule has 1 atom stereocenters. The third kappa shape index (κ3) is 4.50. The maximum atomic E-state index is 12.2. The van der Waals surface area contributed by atoms with Crippen LogP contribution in [0.25, 0.3) is 0 Å². The van der Waals surface area contributed by atoms with E-state index in [1.165, 1.54) is 11.1 Å². The first kappa shape index (κ1) is 15.4. The summed E-state index contributed by atoms with van der Waals surface area (Å²) in [5.74, 6) is -0.101. The zero-order valence-corrected chi connectivity index (χ0v) is 13.2. The van der Waals surface area contributed by atoms with Crippen LogP contribution in [0.4, 0.5) is 11.4 Å². The summed E-state index contributed by atoms with van der Waals surface area (Å²) >= 11 is 5.91. The number of aryl methyl sites for hydroxylation is 2. The summed E-state index contributed by atoms with van der Waals surface area (Å²) in [4.78, 5) is 12.2. The summed E-state index contributed by atoms with van der Waals surface area (Å²) in [5.41, 5.74) is 3.97. The van der Waals surface area contributed by atoms with E-state index in [4.69, 9.17) is 11.6 Å². The van der Waals surface area contributed by atoms with Gasteiger partial charge in [0.2, 0.25) is 5.91 Å². The topological polar surface area (TPSA) is 41.1 Å². The molecule has 2 aromatic rings. The van der Waals surface area contributed by atoms with Crippen LogP contribution in [0.5, 0.6) is 0 Å². The zero-order chi connectivity index (χ0) is 15.4. The molecular weight excluding hydrogens is 284 g/mol. The summed E-state index contributed by atoms with van der Waals surface area (Å²) in [6.45, 7) is 5.90. The largest absolute Gasteiger partial charge is 0.374 e. The van der Waals surface area contributed by atoms with Crippen LogP contribution in [0.2, 0.25) is 5.02 Å². The van der Waals surface area contributed by atoms with Crippen molar-refractivity contribution in [3.05, 3.63) is 58.6 Å². The van der Waals surface area contributed by atoms with E-state index in [-0.39, 0.29) is 11.9 Å². The van der Waals surface area contributed by atoms with Crippen molar-refractivity contribution in [3.63, 3.8) is 0 Å². The third-order valence-electron chi connectivity index (χ3n) is 3.09. The minimum Gasteiger partial charge on any atom is -0.374 e. The predicted octanol–water partition coefficient (Wildman–Crippen LogP) is 4.40. The Balaban J connectivity index is 2.02. The summed E-state index contributed by atoms with van der Waals surface area (Å²) < 4.78 is 0. The second kappa shape index (κ2) is 6.64. The number of carbonyl (C=O) groups excluding carboxylic acids is 1. The summed E-state index contributed by atoms with van der Waals surface area (Å²) in [6, 6.07) is 12.9. The maximum absolute atomic E-state index is 12.2. The molecule has 0 heterocycles. The molecule has 110 valence electrons. The Morgan fingerprint density at radius 1 is 1.05 bits per heavy atom. The van der Waals surface area contributed by atoms with Gasteiger partial charge in [-0.3, -0.25) is 4.79 Å². The first-order chi connectivity index (χ1) is 9.94. The highest BCUT2D eigenvalue weighted by Crippen LogP contribution is 2.17. The molecular formula is C17H19ClN2O. The highest BCUT2D eigenvalue weighted by Gasteiger charge is 2.13. The average Bonchev–Trinajstić information content (AvgIpc) is 2.37. The molecule has 0 saturated carbocycles. The van der Waals surface area contributed by atoms with Gasteiger partial charge in [0.25, 0.3) is 0 Å². The lowest BCUT2D eigenvalue weighted by Crippen LogP contribution is -2.31. The fraction of sp³-hybridized carbons (Fsp3) is 0.235. The number of anilines is 2. The fourth-order valence-electron chi connectivity index (χ4n) is 2.19. The Labute approximate surface area is 130 Å². The Hall–Kier alpha value is -2.00. The van der Waals surface area contributed by atoms with Gasteiger partial charge >= 0.3 is 0 Å². The fourth-order valence-corrected chi connectivity index (χ4v) is 2.38. The number of hydrogen-bond donors (Lipinski definition) is 2. The lowest BCUT2D eigenvalue weighted by molar-refractivity contribution is -0.116. The second-order valence-corrected chi connectivity index (χ2v) is 5.68. The lowest BCUT2D eigenvalue weighted by atomic mass is 10.1. The minimum atomic E-state index is -0.342. The van der Waals surface area contributed by atoms with E-state index in [1.807, 2.05) is 39.0 Å². The lowest BCUT2D eigenvalue weighted by Gasteiger charge is -2.16. The van der Waals surface area contributed by atoms with E-state index in [9.17, 15) is 4.79 Å². The van der Waals surface area contributed by atoms with Crippen LogP contribution < -0.4 is 10.6 Å². The second-order valence-electron chi connectivity index (χ2n) is 5.24. The maximum Gasteiger partial charge on any atom is 0.246 e. The van der Waals surface area contributed by atoms with Gasteiger partial charge in [-0.1, -0.05) is 23.7 Å². The normalized spacial score (nSPS) is 11.8. The molecule has 0 unspecified atom stereocenters. The molecule has 0 spiro atoms. The third-order valence-corrected chi connectivity index (χ3v) is 3.33. The van der Waals surface area contributed by atoms with E-state index < -0.39 is 0 Å². The van der Waals surface area contributed by atoms with Gasteiger partial charge in [0, 0.05) is 16.4 Å². The van der Waals surface area contributed by atoms with Crippen LogP contribution in [-0.2, 0) is 4.79 Å². The molecule has 0 aromatic heterocycles. The molecule has 0 aliphatic heterocycles. The molecule has 0 bridgehead atoms. The van der Waals surface area contributed by atoms with Gasteiger partial charge < -0.3 is 10.6 Å². The molecule has 0 fully saturated rings. The van der Waals surface area contributed by atoms with E-state index in [2.05, 4.69) is 16.7 Å². The highest BCUT2D eigenvalue weighted by molar-refractivity contribution is 6.30. The zero-order valence-electron chi connectivity index (χ0n) is 12.4. The Morgan fingerprint density at radius 3 is 2.33 bits per heavy atom. The van der Waals surface area contributed by atoms with Gasteiger partial charge in [0.15, 0.2) is 0 Å². The first-order valence-corrected chi connectivity index (χ1v) is 7.23. The van der Waals surface area contributed by atoms with Crippen molar-refractivity contribution in [1.29, 1.82) is 0 Å². The number of rotatable bonds is 4. The number of nitrogens with one attached hydrogen (secondary N) is 2. The molecule has 1 amide bonds. The first-order valence-electron chi connectivity index (χ1n) is 6.85. The molecule has 2 aromatic carbocycles. The van der Waals surface area contributed by atoms with Crippen molar-refractivity contribution in [3.8, 4) is 0 Å². The minimum absolute atomic E-state index is 0.101. The van der Waals surface area contributed by atoms with Crippen LogP contribution >= 0.6 is 11.6 Å². The van der Waals surface area contributed by atoms with Crippen LogP contribution in [0.15, 0.2) is 42.5 Å². The molecule has 0 aliphatic rings. The van der Waals surface area contributed by atoms with Crippen molar-refractivity contribution in [2.24, 2.45) is 0 Å². The van der Waals surface area contributed by atoms with Crippen molar-refractivity contribution in [1.82, 2.24) is 0 Å². The molecule has 3 nitrogen and oxygen atoms in total.